The zero-order valence-corrected chi connectivity index (χ0v) is 18.9. The summed E-state index contributed by atoms with van der Waals surface area (Å²) in [5, 5.41) is 0. The Bertz CT molecular complexity index is 1260. The molecular weight excluding hydrogens is 414 g/mol. The zero-order chi connectivity index (χ0) is 22.8. The monoisotopic (exact) mass is 441 g/mol. The third-order valence-corrected chi connectivity index (χ3v) is 5.90. The van der Waals surface area contributed by atoms with Gasteiger partial charge in [0.1, 0.15) is 23.8 Å². The van der Waals surface area contributed by atoms with Crippen LogP contribution in [0.1, 0.15) is 40.0 Å². The average Bonchev–Trinajstić information content (AvgIpc) is 3.60. The van der Waals surface area contributed by atoms with E-state index in [1.807, 2.05) is 82.4 Å². The van der Waals surface area contributed by atoms with E-state index in [1.165, 1.54) is 5.56 Å². The summed E-state index contributed by atoms with van der Waals surface area (Å²) >= 11 is 0. The number of imidazole rings is 1. The molecule has 0 saturated heterocycles. The lowest BCUT2D eigenvalue weighted by Gasteiger charge is -2.23. The lowest BCUT2D eigenvalue weighted by atomic mass is 10.1. The highest BCUT2D eigenvalue weighted by Crippen LogP contribution is 2.30. The minimum Gasteiger partial charge on any atom is -0.497 e. The Balaban J connectivity index is 1.23. The molecule has 6 heteroatoms. The van der Waals surface area contributed by atoms with Crippen LogP contribution in [0.3, 0.4) is 0 Å². The van der Waals surface area contributed by atoms with E-state index in [2.05, 4.69) is 11.9 Å². The number of rotatable bonds is 8. The number of amides is 1. The number of methoxy groups -OCH3 is 1. The fraction of sp³-hybridized carbons (Fsp3) is 0.259. The van der Waals surface area contributed by atoms with Crippen molar-refractivity contribution in [2.75, 3.05) is 7.11 Å². The van der Waals surface area contributed by atoms with Gasteiger partial charge in [0.2, 0.25) is 0 Å². The van der Waals surface area contributed by atoms with Gasteiger partial charge >= 0.3 is 0 Å². The Morgan fingerprint density at radius 2 is 1.73 bits per heavy atom. The van der Waals surface area contributed by atoms with E-state index in [9.17, 15) is 4.79 Å². The quantitative estimate of drug-likeness (QED) is 0.385. The van der Waals surface area contributed by atoms with Gasteiger partial charge in [-0.25, -0.2) is 4.98 Å². The minimum atomic E-state index is 0.0515. The second kappa shape index (κ2) is 8.98. The molecule has 0 bridgehead atoms. The van der Waals surface area contributed by atoms with Crippen LogP contribution in [0.25, 0.3) is 5.65 Å². The van der Waals surface area contributed by atoms with Crippen LogP contribution in [0.5, 0.6) is 11.5 Å². The van der Waals surface area contributed by atoms with Crippen molar-refractivity contribution in [3.05, 3.63) is 95.4 Å². The number of hydrogen-bond donors (Lipinski definition) is 0. The summed E-state index contributed by atoms with van der Waals surface area (Å²) in [6.07, 6.45) is 6.14. The van der Waals surface area contributed by atoms with Crippen molar-refractivity contribution < 1.29 is 14.3 Å². The fourth-order valence-corrected chi connectivity index (χ4v) is 3.92. The molecule has 0 unspecified atom stereocenters. The second-order valence-electron chi connectivity index (χ2n) is 8.53. The van der Waals surface area contributed by atoms with E-state index in [1.54, 1.807) is 7.11 Å². The van der Waals surface area contributed by atoms with Gasteiger partial charge in [0.05, 0.1) is 12.8 Å². The lowest BCUT2D eigenvalue weighted by molar-refractivity contribution is 0.0730. The molecule has 2 heterocycles. The van der Waals surface area contributed by atoms with Crippen LogP contribution in [-0.2, 0) is 13.2 Å². The summed E-state index contributed by atoms with van der Waals surface area (Å²) in [4.78, 5) is 19.8. The molecule has 6 nitrogen and oxygen atoms in total. The number of ether oxygens (including phenoxy) is 2. The van der Waals surface area contributed by atoms with Crippen molar-refractivity contribution in [1.82, 2.24) is 14.3 Å². The summed E-state index contributed by atoms with van der Waals surface area (Å²) in [6, 6.07) is 19.6. The molecule has 2 aromatic carbocycles. The van der Waals surface area contributed by atoms with Gasteiger partial charge in [-0.3, -0.25) is 4.79 Å². The Kier molecular flexibility index (Phi) is 5.73. The molecule has 0 radical (unpaired) electrons. The largest absolute Gasteiger partial charge is 0.497 e. The topological polar surface area (TPSA) is 56.1 Å². The highest BCUT2D eigenvalue weighted by molar-refractivity contribution is 5.94. The molecule has 168 valence electrons. The van der Waals surface area contributed by atoms with Gasteiger partial charge in [-0.15, -0.1) is 0 Å². The first-order valence-corrected chi connectivity index (χ1v) is 11.2. The summed E-state index contributed by atoms with van der Waals surface area (Å²) in [7, 11) is 1.65. The fourth-order valence-electron chi connectivity index (χ4n) is 3.92. The average molecular weight is 442 g/mol. The first-order chi connectivity index (χ1) is 16.1. The molecule has 0 atom stereocenters. The van der Waals surface area contributed by atoms with Gasteiger partial charge < -0.3 is 18.8 Å². The summed E-state index contributed by atoms with van der Waals surface area (Å²) in [5.41, 5.74) is 4.71. The van der Waals surface area contributed by atoms with Crippen molar-refractivity contribution in [2.24, 2.45) is 0 Å². The van der Waals surface area contributed by atoms with E-state index in [-0.39, 0.29) is 5.91 Å². The maximum absolute atomic E-state index is 13.2. The first-order valence-electron chi connectivity index (χ1n) is 11.2. The molecule has 1 saturated carbocycles. The molecule has 1 fully saturated rings. The highest BCUT2D eigenvalue weighted by atomic mass is 16.5. The van der Waals surface area contributed by atoms with Gasteiger partial charge in [-0.2, -0.15) is 0 Å². The molecule has 0 spiro atoms. The molecule has 4 aromatic rings. The highest BCUT2D eigenvalue weighted by Gasteiger charge is 2.33. The van der Waals surface area contributed by atoms with Crippen LogP contribution < -0.4 is 9.47 Å². The zero-order valence-electron chi connectivity index (χ0n) is 18.9. The van der Waals surface area contributed by atoms with Crippen LogP contribution in [0.4, 0.5) is 0 Å². The molecular formula is C27H27N3O3. The Morgan fingerprint density at radius 3 is 2.42 bits per heavy atom. The van der Waals surface area contributed by atoms with Crippen LogP contribution in [0, 0.1) is 6.92 Å². The molecule has 33 heavy (non-hydrogen) atoms. The number of carbonyl (C=O) groups excluding carboxylic acids is 1. The maximum atomic E-state index is 13.2. The van der Waals surface area contributed by atoms with E-state index < -0.39 is 0 Å². The number of carbonyl (C=O) groups is 1. The first kappa shape index (κ1) is 21.1. The van der Waals surface area contributed by atoms with Gasteiger partial charge in [-0.05, 0) is 73.4 Å². The van der Waals surface area contributed by atoms with Gasteiger partial charge in [0.25, 0.3) is 5.91 Å². The number of pyridine rings is 1. The van der Waals surface area contributed by atoms with Crippen molar-refractivity contribution in [3.8, 4) is 11.5 Å². The van der Waals surface area contributed by atoms with Crippen LogP contribution >= 0.6 is 0 Å². The van der Waals surface area contributed by atoms with Crippen LogP contribution in [-0.4, -0.2) is 33.3 Å². The SMILES string of the molecule is COc1ccc(CN(C(=O)c2ccc(OCc3cn4cc(C)ccc4n3)cc2)C2CC2)cc1. The summed E-state index contributed by atoms with van der Waals surface area (Å²) < 4.78 is 13.1. The van der Waals surface area contributed by atoms with Gasteiger partial charge in [-0.1, -0.05) is 18.2 Å². The van der Waals surface area contributed by atoms with E-state index >= 15 is 0 Å². The Labute approximate surface area is 193 Å². The number of aryl methyl sites for hydroxylation is 1. The molecule has 5 rings (SSSR count). The molecule has 0 N–H and O–H groups in total. The number of aromatic nitrogens is 2. The van der Waals surface area contributed by atoms with Crippen molar-refractivity contribution in [1.29, 1.82) is 0 Å². The van der Waals surface area contributed by atoms with E-state index in [4.69, 9.17) is 9.47 Å². The number of benzene rings is 2. The predicted octanol–water partition coefficient (Wildman–Crippen LogP) is 5.04. The van der Waals surface area contributed by atoms with E-state index in [0.29, 0.717) is 30.5 Å². The van der Waals surface area contributed by atoms with Crippen LogP contribution in [0.15, 0.2) is 73.1 Å². The molecule has 1 aliphatic carbocycles. The van der Waals surface area contributed by atoms with Crippen molar-refractivity contribution >= 4 is 11.6 Å². The molecule has 2 aromatic heterocycles. The molecule has 0 aliphatic heterocycles. The maximum Gasteiger partial charge on any atom is 0.254 e. The third kappa shape index (κ3) is 4.85. The number of fused-ring (bicyclic) bond motifs is 1. The molecule has 1 amide bonds. The third-order valence-electron chi connectivity index (χ3n) is 5.90. The van der Waals surface area contributed by atoms with Crippen molar-refractivity contribution in [3.63, 3.8) is 0 Å². The van der Waals surface area contributed by atoms with Gasteiger partial charge in [0, 0.05) is 30.5 Å². The second-order valence-corrected chi connectivity index (χ2v) is 8.53. The Morgan fingerprint density at radius 1 is 1.00 bits per heavy atom. The van der Waals surface area contributed by atoms with Crippen molar-refractivity contribution in [2.45, 2.75) is 39.0 Å². The van der Waals surface area contributed by atoms with Gasteiger partial charge in [0.15, 0.2) is 0 Å². The summed E-state index contributed by atoms with van der Waals surface area (Å²) in [6.45, 7) is 3.03. The number of nitrogens with zero attached hydrogens (tertiary/aromatic N) is 3. The molecule has 1 aliphatic rings. The normalized spacial score (nSPS) is 13.2. The summed E-state index contributed by atoms with van der Waals surface area (Å²) in [5.74, 6) is 1.58. The van der Waals surface area contributed by atoms with Crippen LogP contribution in [0.2, 0.25) is 0 Å². The predicted molar refractivity (Wildman–Crippen MR) is 127 cm³/mol. The Hall–Kier alpha value is -3.80. The van der Waals surface area contributed by atoms with E-state index in [0.717, 1.165) is 35.5 Å². The number of hydrogen-bond acceptors (Lipinski definition) is 4. The smallest absolute Gasteiger partial charge is 0.254 e. The standard InChI is InChI=1S/C27H27N3O3/c1-19-3-14-26-28-22(17-29(26)15-19)18-33-25-12-6-21(7-13-25)27(31)30(23-8-9-23)16-20-4-10-24(32-2)11-5-20/h3-7,10-15,17,23H,8-9,16,18H2,1-2H3. The lowest BCUT2D eigenvalue weighted by Crippen LogP contribution is -2.32. The minimum absolute atomic E-state index is 0.0515.